The molecular formula is C10H16N6. The lowest BCUT2D eigenvalue weighted by molar-refractivity contribution is 0.580. The van der Waals surface area contributed by atoms with Gasteiger partial charge in [0.25, 0.3) is 0 Å². The maximum absolute atomic E-state index is 4.25. The molecular weight excluding hydrogens is 204 g/mol. The van der Waals surface area contributed by atoms with Crippen molar-refractivity contribution in [2.45, 2.75) is 26.4 Å². The van der Waals surface area contributed by atoms with Crippen LogP contribution in [-0.4, -0.2) is 30.8 Å². The smallest absolute Gasteiger partial charge is 0.176 e. The average molecular weight is 220 g/mol. The fourth-order valence-corrected chi connectivity index (χ4v) is 1.33. The molecule has 0 aliphatic carbocycles. The Morgan fingerprint density at radius 2 is 2.25 bits per heavy atom. The SMILES string of the molecule is CC(C)NCc1cn(-c2ccn(C)n2)nn1. The predicted octanol–water partition coefficient (Wildman–Crippen LogP) is 0.499. The first-order valence-electron chi connectivity index (χ1n) is 5.30. The van der Waals surface area contributed by atoms with E-state index in [2.05, 4.69) is 34.6 Å². The van der Waals surface area contributed by atoms with Crippen LogP contribution in [0.3, 0.4) is 0 Å². The van der Waals surface area contributed by atoms with E-state index in [-0.39, 0.29) is 0 Å². The number of rotatable bonds is 4. The fraction of sp³-hybridized carbons (Fsp3) is 0.500. The maximum Gasteiger partial charge on any atom is 0.176 e. The molecule has 86 valence electrons. The van der Waals surface area contributed by atoms with E-state index in [1.807, 2.05) is 25.5 Å². The number of aryl methyl sites for hydroxylation is 1. The molecule has 0 atom stereocenters. The van der Waals surface area contributed by atoms with E-state index in [0.29, 0.717) is 6.04 Å². The van der Waals surface area contributed by atoms with Gasteiger partial charge in [0.1, 0.15) is 0 Å². The van der Waals surface area contributed by atoms with Crippen molar-refractivity contribution < 1.29 is 0 Å². The number of nitrogens with one attached hydrogen (secondary N) is 1. The molecule has 0 aliphatic rings. The van der Waals surface area contributed by atoms with Gasteiger partial charge in [-0.25, -0.2) is 4.68 Å². The van der Waals surface area contributed by atoms with Crippen molar-refractivity contribution >= 4 is 0 Å². The van der Waals surface area contributed by atoms with Gasteiger partial charge in [-0.05, 0) is 0 Å². The summed E-state index contributed by atoms with van der Waals surface area (Å²) in [5.74, 6) is 0.783. The second kappa shape index (κ2) is 4.44. The molecule has 2 heterocycles. The normalized spacial score (nSPS) is 11.2. The number of hydrogen-bond acceptors (Lipinski definition) is 4. The lowest BCUT2D eigenvalue weighted by Crippen LogP contribution is -2.21. The summed E-state index contributed by atoms with van der Waals surface area (Å²) in [6.45, 7) is 4.93. The van der Waals surface area contributed by atoms with E-state index in [4.69, 9.17) is 0 Å². The summed E-state index contributed by atoms with van der Waals surface area (Å²) in [6, 6.07) is 2.34. The summed E-state index contributed by atoms with van der Waals surface area (Å²) in [4.78, 5) is 0. The highest BCUT2D eigenvalue weighted by Gasteiger charge is 2.05. The lowest BCUT2D eigenvalue weighted by Gasteiger charge is -2.03. The molecule has 2 aromatic rings. The molecule has 0 unspecified atom stereocenters. The van der Waals surface area contributed by atoms with Crippen molar-refractivity contribution in [1.29, 1.82) is 0 Å². The van der Waals surface area contributed by atoms with Gasteiger partial charge in [-0.1, -0.05) is 19.1 Å². The third-order valence-corrected chi connectivity index (χ3v) is 2.17. The van der Waals surface area contributed by atoms with E-state index >= 15 is 0 Å². The zero-order valence-electron chi connectivity index (χ0n) is 9.75. The van der Waals surface area contributed by atoms with E-state index < -0.39 is 0 Å². The highest BCUT2D eigenvalue weighted by molar-refractivity contribution is 5.18. The average Bonchev–Trinajstić information content (AvgIpc) is 2.83. The number of nitrogens with zero attached hydrogens (tertiary/aromatic N) is 5. The monoisotopic (exact) mass is 220 g/mol. The maximum atomic E-state index is 4.25. The van der Waals surface area contributed by atoms with Gasteiger partial charge in [0.2, 0.25) is 0 Å². The molecule has 2 aromatic heterocycles. The second-order valence-corrected chi connectivity index (χ2v) is 4.04. The predicted molar refractivity (Wildman–Crippen MR) is 60.1 cm³/mol. The largest absolute Gasteiger partial charge is 0.309 e. The summed E-state index contributed by atoms with van der Waals surface area (Å²) in [5.41, 5.74) is 0.916. The Morgan fingerprint density at radius 3 is 2.88 bits per heavy atom. The van der Waals surface area contributed by atoms with Crippen LogP contribution in [0.1, 0.15) is 19.5 Å². The molecule has 0 radical (unpaired) electrons. The van der Waals surface area contributed by atoms with Gasteiger partial charge in [-0.2, -0.15) is 5.10 Å². The van der Waals surface area contributed by atoms with Crippen LogP contribution in [0.4, 0.5) is 0 Å². The first-order chi connectivity index (χ1) is 7.65. The van der Waals surface area contributed by atoms with Crippen LogP contribution >= 0.6 is 0 Å². The zero-order valence-corrected chi connectivity index (χ0v) is 9.75. The Bertz CT molecular complexity index is 455. The van der Waals surface area contributed by atoms with Gasteiger partial charge in [0, 0.05) is 31.9 Å². The fourth-order valence-electron chi connectivity index (χ4n) is 1.33. The van der Waals surface area contributed by atoms with Crippen LogP contribution in [-0.2, 0) is 13.6 Å². The summed E-state index contributed by atoms with van der Waals surface area (Å²) in [5, 5.41) is 15.6. The Morgan fingerprint density at radius 1 is 1.44 bits per heavy atom. The highest BCUT2D eigenvalue weighted by atomic mass is 15.5. The molecule has 0 saturated heterocycles. The van der Waals surface area contributed by atoms with Gasteiger partial charge in [-0.15, -0.1) is 5.10 Å². The Kier molecular flexibility index (Phi) is 3.00. The summed E-state index contributed by atoms with van der Waals surface area (Å²) >= 11 is 0. The van der Waals surface area contributed by atoms with Crippen molar-refractivity contribution in [3.63, 3.8) is 0 Å². The highest BCUT2D eigenvalue weighted by Crippen LogP contribution is 2.02. The van der Waals surface area contributed by atoms with Crippen molar-refractivity contribution in [3.8, 4) is 5.82 Å². The lowest BCUT2D eigenvalue weighted by atomic mass is 10.3. The minimum absolute atomic E-state index is 0.444. The van der Waals surface area contributed by atoms with Crippen LogP contribution in [0.25, 0.3) is 5.82 Å². The van der Waals surface area contributed by atoms with Gasteiger partial charge >= 0.3 is 0 Å². The molecule has 6 heteroatoms. The summed E-state index contributed by atoms with van der Waals surface area (Å²) in [6.07, 6.45) is 3.76. The van der Waals surface area contributed by atoms with Crippen LogP contribution < -0.4 is 5.32 Å². The van der Waals surface area contributed by atoms with Crippen molar-refractivity contribution in [2.75, 3.05) is 0 Å². The summed E-state index contributed by atoms with van der Waals surface area (Å²) in [7, 11) is 1.88. The van der Waals surface area contributed by atoms with E-state index in [9.17, 15) is 0 Å². The third kappa shape index (κ3) is 2.46. The standard InChI is InChI=1S/C10H16N6/c1-8(2)11-6-9-7-16(14-12-9)10-4-5-15(3)13-10/h4-5,7-8,11H,6H2,1-3H3. The first kappa shape index (κ1) is 10.8. The minimum atomic E-state index is 0.444. The van der Waals surface area contributed by atoms with Crippen molar-refractivity contribution in [3.05, 3.63) is 24.2 Å². The van der Waals surface area contributed by atoms with Gasteiger partial charge in [-0.3, -0.25) is 4.68 Å². The molecule has 0 spiro atoms. The van der Waals surface area contributed by atoms with E-state index in [1.54, 1.807) is 9.36 Å². The van der Waals surface area contributed by atoms with E-state index in [0.717, 1.165) is 18.1 Å². The Hall–Kier alpha value is -1.69. The topological polar surface area (TPSA) is 60.6 Å². The van der Waals surface area contributed by atoms with Crippen molar-refractivity contribution in [2.24, 2.45) is 7.05 Å². The van der Waals surface area contributed by atoms with Gasteiger partial charge in [0.05, 0.1) is 11.9 Å². The van der Waals surface area contributed by atoms with E-state index in [1.165, 1.54) is 0 Å². The van der Waals surface area contributed by atoms with Crippen LogP contribution in [0.15, 0.2) is 18.5 Å². The minimum Gasteiger partial charge on any atom is -0.309 e. The van der Waals surface area contributed by atoms with Crippen LogP contribution in [0.5, 0.6) is 0 Å². The second-order valence-electron chi connectivity index (χ2n) is 4.04. The van der Waals surface area contributed by atoms with Crippen LogP contribution in [0, 0.1) is 0 Å². The molecule has 0 fully saturated rings. The molecule has 1 N–H and O–H groups in total. The molecule has 0 aliphatic heterocycles. The van der Waals surface area contributed by atoms with Gasteiger partial charge in [0.15, 0.2) is 5.82 Å². The molecule has 0 saturated carbocycles. The third-order valence-electron chi connectivity index (χ3n) is 2.17. The number of aromatic nitrogens is 5. The summed E-state index contributed by atoms with van der Waals surface area (Å²) < 4.78 is 3.42. The van der Waals surface area contributed by atoms with Crippen molar-refractivity contribution in [1.82, 2.24) is 30.1 Å². The molecule has 0 bridgehead atoms. The molecule has 0 amide bonds. The quantitative estimate of drug-likeness (QED) is 0.815. The molecule has 2 rings (SSSR count). The molecule has 0 aromatic carbocycles. The zero-order chi connectivity index (χ0) is 11.5. The Labute approximate surface area is 94.3 Å². The van der Waals surface area contributed by atoms with Gasteiger partial charge < -0.3 is 5.32 Å². The molecule has 6 nitrogen and oxygen atoms in total. The number of hydrogen-bond donors (Lipinski definition) is 1. The Balaban J connectivity index is 2.07. The van der Waals surface area contributed by atoms with Crippen LogP contribution in [0.2, 0.25) is 0 Å². The first-order valence-corrected chi connectivity index (χ1v) is 5.30. The molecule has 16 heavy (non-hydrogen) atoms.